The number of halogens is 3. The van der Waals surface area contributed by atoms with Gasteiger partial charge in [-0.25, -0.2) is 4.98 Å². The van der Waals surface area contributed by atoms with Crippen molar-refractivity contribution in [3.05, 3.63) is 47.0 Å². The van der Waals surface area contributed by atoms with E-state index in [1.165, 1.54) is 0 Å². The van der Waals surface area contributed by atoms with Gasteiger partial charge < -0.3 is 14.2 Å². The highest BCUT2D eigenvalue weighted by Gasteiger charge is 2.32. The summed E-state index contributed by atoms with van der Waals surface area (Å²) in [7, 11) is 0. The fourth-order valence-electron chi connectivity index (χ4n) is 2.98. The topological polar surface area (TPSA) is 49.6 Å². The van der Waals surface area contributed by atoms with E-state index in [0.717, 1.165) is 29.7 Å². The molecule has 5 nitrogen and oxygen atoms in total. The summed E-state index contributed by atoms with van der Waals surface area (Å²) in [5.41, 5.74) is 0.0770. The van der Waals surface area contributed by atoms with Gasteiger partial charge in [-0.05, 0) is 25.1 Å². The second-order valence-electron chi connectivity index (χ2n) is 6.26. The second-order valence-corrected chi connectivity index (χ2v) is 6.26. The zero-order valence-electron chi connectivity index (χ0n) is 14.6. The fraction of sp³-hybridized carbons (Fsp3) is 0.444. The van der Waals surface area contributed by atoms with Crippen LogP contribution in [0.4, 0.5) is 19.0 Å². The number of rotatable bonds is 3. The summed E-state index contributed by atoms with van der Waals surface area (Å²) in [5, 5.41) is 0. The number of aromatic nitrogens is 1. The SMILES string of the molecule is CCc1cc(C)c(C(=O)N2CCN(c3cc(C(F)(F)F)ccn3)CC2)o1. The first kappa shape index (κ1) is 18.3. The van der Waals surface area contributed by atoms with E-state index in [1.807, 2.05) is 19.9 Å². The van der Waals surface area contributed by atoms with Gasteiger partial charge in [-0.15, -0.1) is 0 Å². The Kier molecular flexibility index (Phi) is 4.93. The number of piperazine rings is 1. The van der Waals surface area contributed by atoms with E-state index >= 15 is 0 Å². The third kappa shape index (κ3) is 3.68. The van der Waals surface area contributed by atoms with Gasteiger partial charge in [0.15, 0.2) is 5.76 Å². The van der Waals surface area contributed by atoms with Crippen LogP contribution in [-0.2, 0) is 12.6 Å². The Morgan fingerprint density at radius 1 is 1.23 bits per heavy atom. The molecular weight excluding hydrogens is 347 g/mol. The highest BCUT2D eigenvalue weighted by atomic mass is 19.4. The molecule has 0 unspecified atom stereocenters. The molecule has 3 rings (SSSR count). The van der Waals surface area contributed by atoms with Crippen molar-refractivity contribution in [2.24, 2.45) is 0 Å². The second kappa shape index (κ2) is 7.01. The van der Waals surface area contributed by atoms with Crippen molar-refractivity contribution in [3.63, 3.8) is 0 Å². The maximum absolute atomic E-state index is 12.9. The first-order chi connectivity index (χ1) is 12.3. The van der Waals surface area contributed by atoms with Crippen LogP contribution in [0.1, 0.15) is 34.4 Å². The van der Waals surface area contributed by atoms with Crippen molar-refractivity contribution in [3.8, 4) is 0 Å². The molecule has 2 aromatic heterocycles. The molecule has 0 spiro atoms. The minimum Gasteiger partial charge on any atom is -0.456 e. The molecule has 0 saturated carbocycles. The molecule has 0 bridgehead atoms. The van der Waals surface area contributed by atoms with Gasteiger partial charge in [0.05, 0.1) is 5.56 Å². The smallest absolute Gasteiger partial charge is 0.416 e. The molecule has 0 atom stereocenters. The van der Waals surface area contributed by atoms with E-state index in [9.17, 15) is 18.0 Å². The van der Waals surface area contributed by atoms with Crippen LogP contribution in [0, 0.1) is 6.92 Å². The zero-order valence-corrected chi connectivity index (χ0v) is 14.6. The molecule has 1 amide bonds. The molecule has 140 valence electrons. The van der Waals surface area contributed by atoms with Crippen LogP contribution >= 0.6 is 0 Å². The van der Waals surface area contributed by atoms with Gasteiger partial charge in [0.25, 0.3) is 5.91 Å². The number of carbonyl (C=O) groups excluding carboxylic acids is 1. The Morgan fingerprint density at radius 2 is 1.92 bits per heavy atom. The zero-order chi connectivity index (χ0) is 18.9. The number of furan rings is 1. The average molecular weight is 367 g/mol. The van der Waals surface area contributed by atoms with Gasteiger partial charge in [0, 0.05) is 44.4 Å². The predicted octanol–water partition coefficient (Wildman–Crippen LogP) is 3.53. The number of aryl methyl sites for hydroxylation is 2. The van der Waals surface area contributed by atoms with Crippen LogP contribution in [0.25, 0.3) is 0 Å². The lowest BCUT2D eigenvalue weighted by Gasteiger charge is -2.35. The van der Waals surface area contributed by atoms with Gasteiger partial charge in [0.2, 0.25) is 0 Å². The number of hydrogen-bond acceptors (Lipinski definition) is 4. The molecule has 0 aromatic carbocycles. The van der Waals surface area contributed by atoms with Crippen LogP contribution in [0.3, 0.4) is 0 Å². The largest absolute Gasteiger partial charge is 0.456 e. The number of carbonyl (C=O) groups is 1. The first-order valence-electron chi connectivity index (χ1n) is 8.46. The van der Waals surface area contributed by atoms with Crippen molar-refractivity contribution in [1.29, 1.82) is 0 Å². The maximum atomic E-state index is 12.9. The number of pyridine rings is 1. The Balaban J connectivity index is 1.67. The van der Waals surface area contributed by atoms with Crippen molar-refractivity contribution in [1.82, 2.24) is 9.88 Å². The van der Waals surface area contributed by atoms with Crippen molar-refractivity contribution < 1.29 is 22.4 Å². The molecule has 2 aromatic rings. The van der Waals surface area contributed by atoms with Crippen molar-refractivity contribution >= 4 is 11.7 Å². The molecule has 0 N–H and O–H groups in total. The van der Waals surface area contributed by atoms with Gasteiger partial charge in [-0.3, -0.25) is 4.79 Å². The van der Waals surface area contributed by atoms with Crippen LogP contribution in [0.5, 0.6) is 0 Å². The third-order valence-corrected chi connectivity index (χ3v) is 4.48. The van der Waals surface area contributed by atoms with E-state index in [2.05, 4.69) is 4.98 Å². The molecular formula is C18H20F3N3O2. The molecule has 3 heterocycles. The molecule has 1 aliphatic rings. The predicted molar refractivity (Wildman–Crippen MR) is 90.2 cm³/mol. The third-order valence-electron chi connectivity index (χ3n) is 4.48. The van der Waals surface area contributed by atoms with Gasteiger partial charge in [-0.2, -0.15) is 13.2 Å². The van der Waals surface area contributed by atoms with Crippen LogP contribution in [0.2, 0.25) is 0 Å². The summed E-state index contributed by atoms with van der Waals surface area (Å²) < 4.78 is 44.2. The van der Waals surface area contributed by atoms with E-state index in [1.54, 1.807) is 9.80 Å². The van der Waals surface area contributed by atoms with E-state index in [0.29, 0.717) is 38.4 Å². The molecule has 8 heteroatoms. The summed E-state index contributed by atoms with van der Waals surface area (Å²) in [6, 6.07) is 3.85. The number of alkyl halides is 3. The van der Waals surface area contributed by atoms with Crippen molar-refractivity contribution in [2.75, 3.05) is 31.1 Å². The fourth-order valence-corrected chi connectivity index (χ4v) is 2.98. The Morgan fingerprint density at radius 3 is 2.50 bits per heavy atom. The number of nitrogens with zero attached hydrogens (tertiary/aromatic N) is 3. The van der Waals surface area contributed by atoms with Gasteiger partial charge in [0.1, 0.15) is 11.6 Å². The first-order valence-corrected chi connectivity index (χ1v) is 8.46. The van der Waals surface area contributed by atoms with Crippen LogP contribution in [0.15, 0.2) is 28.8 Å². The van der Waals surface area contributed by atoms with Crippen LogP contribution < -0.4 is 4.90 Å². The van der Waals surface area contributed by atoms with Crippen molar-refractivity contribution in [2.45, 2.75) is 26.4 Å². The highest BCUT2D eigenvalue weighted by Crippen LogP contribution is 2.31. The quantitative estimate of drug-likeness (QED) is 0.833. The van der Waals surface area contributed by atoms with Crippen LogP contribution in [-0.4, -0.2) is 42.0 Å². The number of hydrogen-bond donors (Lipinski definition) is 0. The summed E-state index contributed by atoms with van der Waals surface area (Å²) >= 11 is 0. The Labute approximate surface area is 149 Å². The lowest BCUT2D eigenvalue weighted by atomic mass is 10.2. The number of anilines is 1. The molecule has 0 radical (unpaired) electrons. The molecule has 0 aliphatic carbocycles. The summed E-state index contributed by atoms with van der Waals surface area (Å²) in [5.74, 6) is 1.19. The normalized spacial score (nSPS) is 15.4. The van der Waals surface area contributed by atoms with E-state index in [4.69, 9.17) is 4.42 Å². The van der Waals surface area contributed by atoms with Gasteiger partial charge in [-0.1, -0.05) is 6.92 Å². The molecule has 1 saturated heterocycles. The monoisotopic (exact) mass is 367 g/mol. The van der Waals surface area contributed by atoms with E-state index in [-0.39, 0.29) is 11.7 Å². The minimum atomic E-state index is -4.40. The summed E-state index contributed by atoms with van der Waals surface area (Å²) in [4.78, 5) is 20.1. The highest BCUT2D eigenvalue weighted by molar-refractivity contribution is 5.93. The summed E-state index contributed by atoms with van der Waals surface area (Å²) in [6.07, 6.45) is -2.53. The summed E-state index contributed by atoms with van der Waals surface area (Å²) in [6.45, 7) is 5.42. The van der Waals surface area contributed by atoms with Gasteiger partial charge >= 0.3 is 6.18 Å². The van der Waals surface area contributed by atoms with E-state index < -0.39 is 11.7 Å². The molecule has 1 aliphatic heterocycles. The Hall–Kier alpha value is -2.51. The molecule has 1 fully saturated rings. The number of amides is 1. The molecule has 26 heavy (non-hydrogen) atoms. The maximum Gasteiger partial charge on any atom is 0.416 e. The lowest BCUT2D eigenvalue weighted by Crippen LogP contribution is -2.49. The Bertz CT molecular complexity index is 793. The lowest BCUT2D eigenvalue weighted by molar-refractivity contribution is -0.137. The average Bonchev–Trinajstić information content (AvgIpc) is 3.01. The standard InChI is InChI=1S/C18H20F3N3O2/c1-3-14-10-12(2)16(26-14)17(25)24-8-6-23(7-9-24)15-11-13(4-5-22-15)18(19,20)21/h4-5,10-11H,3,6-9H2,1-2H3. The minimum absolute atomic E-state index is 0.182.